The second kappa shape index (κ2) is 5.98. The van der Waals surface area contributed by atoms with Crippen molar-refractivity contribution in [2.24, 2.45) is 0 Å². The van der Waals surface area contributed by atoms with Crippen LogP contribution in [-0.4, -0.2) is 28.0 Å². The Labute approximate surface area is 130 Å². The maximum atomic E-state index is 6.12. The molecule has 2 heterocycles. The number of hydrogen-bond donors (Lipinski definition) is 0. The number of aromatic nitrogens is 3. The van der Waals surface area contributed by atoms with Crippen LogP contribution in [0.5, 0.6) is 0 Å². The Kier molecular flexibility index (Phi) is 4.06. The minimum absolute atomic E-state index is 0.265. The highest BCUT2D eigenvalue weighted by atomic mass is 35.5. The molecule has 0 amide bonds. The lowest BCUT2D eigenvalue weighted by atomic mass is 10.1. The van der Waals surface area contributed by atoms with E-state index in [4.69, 9.17) is 11.6 Å². The van der Waals surface area contributed by atoms with E-state index in [0.29, 0.717) is 11.8 Å². The molecule has 110 valence electrons. The van der Waals surface area contributed by atoms with Crippen LogP contribution in [0.4, 0.5) is 5.95 Å². The maximum absolute atomic E-state index is 6.12. The number of anilines is 1. The lowest BCUT2D eigenvalue weighted by Gasteiger charge is -2.26. The highest BCUT2D eigenvalue weighted by Gasteiger charge is 2.17. The van der Waals surface area contributed by atoms with Crippen molar-refractivity contribution in [2.75, 3.05) is 18.0 Å². The molecule has 1 aliphatic heterocycles. The van der Waals surface area contributed by atoms with Gasteiger partial charge in [-0.25, -0.2) is 0 Å². The normalized spacial score (nSPS) is 15.3. The van der Waals surface area contributed by atoms with Crippen molar-refractivity contribution < 1.29 is 0 Å². The number of piperidine rings is 1. The van der Waals surface area contributed by atoms with Gasteiger partial charge in [0.05, 0.1) is 0 Å². The monoisotopic (exact) mass is 302 g/mol. The standard InChI is InChI=1S/C16H19ClN4/c1-11-6-7-12(2)13(10-11)14-18-15(17)20-16(19-14)21-8-4-3-5-9-21/h6-7,10H,3-5,8-9H2,1-2H3. The smallest absolute Gasteiger partial charge is 0.230 e. The van der Waals surface area contributed by atoms with Crippen molar-refractivity contribution in [3.8, 4) is 11.4 Å². The van der Waals surface area contributed by atoms with Crippen LogP contribution in [-0.2, 0) is 0 Å². The molecular weight excluding hydrogens is 284 g/mol. The van der Waals surface area contributed by atoms with Crippen molar-refractivity contribution in [3.63, 3.8) is 0 Å². The first-order chi connectivity index (χ1) is 10.1. The van der Waals surface area contributed by atoms with Crippen LogP contribution in [0, 0.1) is 13.8 Å². The van der Waals surface area contributed by atoms with Crippen molar-refractivity contribution in [1.29, 1.82) is 0 Å². The van der Waals surface area contributed by atoms with Crippen molar-refractivity contribution in [3.05, 3.63) is 34.6 Å². The fourth-order valence-electron chi connectivity index (χ4n) is 2.67. The van der Waals surface area contributed by atoms with Gasteiger partial charge in [0, 0.05) is 18.7 Å². The molecule has 5 heteroatoms. The van der Waals surface area contributed by atoms with E-state index in [1.165, 1.54) is 24.8 Å². The number of rotatable bonds is 2. The van der Waals surface area contributed by atoms with E-state index in [0.717, 1.165) is 24.2 Å². The molecule has 0 unspecified atom stereocenters. The molecule has 0 N–H and O–H groups in total. The molecule has 0 atom stereocenters. The molecule has 1 aliphatic rings. The number of halogens is 1. The summed E-state index contributed by atoms with van der Waals surface area (Å²) in [5.41, 5.74) is 3.36. The topological polar surface area (TPSA) is 41.9 Å². The SMILES string of the molecule is Cc1ccc(C)c(-c2nc(Cl)nc(N3CCCCC3)n2)c1. The summed E-state index contributed by atoms with van der Waals surface area (Å²) >= 11 is 6.12. The zero-order chi connectivity index (χ0) is 14.8. The van der Waals surface area contributed by atoms with E-state index in [1.54, 1.807) is 0 Å². The van der Waals surface area contributed by atoms with Gasteiger partial charge in [-0.2, -0.15) is 15.0 Å². The van der Waals surface area contributed by atoms with E-state index >= 15 is 0 Å². The second-order valence-corrected chi connectivity index (χ2v) is 5.93. The molecular formula is C16H19ClN4. The third-order valence-corrected chi connectivity index (χ3v) is 4.04. The Bertz CT molecular complexity index is 651. The average Bonchev–Trinajstić information content (AvgIpc) is 2.50. The predicted molar refractivity (Wildman–Crippen MR) is 85.8 cm³/mol. The first-order valence-electron chi connectivity index (χ1n) is 7.37. The van der Waals surface area contributed by atoms with Gasteiger partial charge in [-0.15, -0.1) is 0 Å². The molecule has 3 rings (SSSR count). The summed E-state index contributed by atoms with van der Waals surface area (Å²) < 4.78 is 0. The summed E-state index contributed by atoms with van der Waals surface area (Å²) in [5, 5.41) is 0.265. The van der Waals surface area contributed by atoms with Gasteiger partial charge >= 0.3 is 0 Å². The molecule has 0 bridgehead atoms. The summed E-state index contributed by atoms with van der Waals surface area (Å²) in [6.45, 7) is 6.11. The van der Waals surface area contributed by atoms with Gasteiger partial charge in [0.25, 0.3) is 0 Å². The van der Waals surface area contributed by atoms with Crippen molar-refractivity contribution in [1.82, 2.24) is 15.0 Å². The van der Waals surface area contributed by atoms with Gasteiger partial charge in [0.1, 0.15) is 0 Å². The molecule has 21 heavy (non-hydrogen) atoms. The number of benzene rings is 1. The second-order valence-electron chi connectivity index (χ2n) is 5.59. The fourth-order valence-corrected chi connectivity index (χ4v) is 2.83. The zero-order valence-corrected chi connectivity index (χ0v) is 13.2. The van der Waals surface area contributed by atoms with Crippen LogP contribution in [0.2, 0.25) is 5.28 Å². The summed E-state index contributed by atoms with van der Waals surface area (Å²) in [5.74, 6) is 1.36. The van der Waals surface area contributed by atoms with Crippen LogP contribution in [0.3, 0.4) is 0 Å². The molecule has 1 aromatic heterocycles. The van der Waals surface area contributed by atoms with Gasteiger partial charge in [0.15, 0.2) is 5.82 Å². The molecule has 0 aliphatic carbocycles. The van der Waals surface area contributed by atoms with Gasteiger partial charge in [0.2, 0.25) is 11.2 Å². The zero-order valence-electron chi connectivity index (χ0n) is 12.4. The Morgan fingerprint density at radius 1 is 1.00 bits per heavy atom. The van der Waals surface area contributed by atoms with Gasteiger partial charge < -0.3 is 4.90 Å². The van der Waals surface area contributed by atoms with E-state index in [1.807, 2.05) is 0 Å². The first-order valence-corrected chi connectivity index (χ1v) is 7.75. The molecule has 2 aromatic rings. The molecule has 4 nitrogen and oxygen atoms in total. The lowest BCUT2D eigenvalue weighted by Crippen LogP contribution is -2.31. The number of hydrogen-bond acceptors (Lipinski definition) is 4. The maximum Gasteiger partial charge on any atom is 0.230 e. The Hall–Kier alpha value is -1.68. The molecule has 0 saturated carbocycles. The highest BCUT2D eigenvalue weighted by Crippen LogP contribution is 2.25. The Balaban J connectivity index is 2.02. The van der Waals surface area contributed by atoms with E-state index in [9.17, 15) is 0 Å². The molecule has 1 saturated heterocycles. The van der Waals surface area contributed by atoms with Crippen molar-refractivity contribution in [2.45, 2.75) is 33.1 Å². The number of nitrogens with zero attached hydrogens (tertiary/aromatic N) is 4. The van der Waals surface area contributed by atoms with Crippen LogP contribution in [0.15, 0.2) is 18.2 Å². The first kappa shape index (κ1) is 14.3. The Morgan fingerprint density at radius 3 is 2.52 bits per heavy atom. The van der Waals surface area contributed by atoms with Crippen molar-refractivity contribution >= 4 is 17.5 Å². The minimum atomic E-state index is 0.265. The summed E-state index contributed by atoms with van der Waals surface area (Å²) in [4.78, 5) is 15.5. The van der Waals surface area contributed by atoms with Crippen LogP contribution in [0.25, 0.3) is 11.4 Å². The van der Waals surface area contributed by atoms with Gasteiger partial charge in [-0.3, -0.25) is 0 Å². The summed E-state index contributed by atoms with van der Waals surface area (Å²) in [6.07, 6.45) is 3.64. The summed E-state index contributed by atoms with van der Waals surface area (Å²) in [7, 11) is 0. The van der Waals surface area contributed by atoms with E-state index in [2.05, 4.69) is 51.9 Å². The highest BCUT2D eigenvalue weighted by molar-refractivity contribution is 6.28. The Morgan fingerprint density at radius 2 is 1.76 bits per heavy atom. The largest absolute Gasteiger partial charge is 0.341 e. The lowest BCUT2D eigenvalue weighted by molar-refractivity contribution is 0.567. The van der Waals surface area contributed by atoms with Crippen LogP contribution >= 0.6 is 11.6 Å². The average molecular weight is 303 g/mol. The predicted octanol–water partition coefficient (Wildman–Crippen LogP) is 3.80. The third-order valence-electron chi connectivity index (χ3n) is 3.87. The van der Waals surface area contributed by atoms with E-state index in [-0.39, 0.29) is 5.28 Å². The van der Waals surface area contributed by atoms with Crippen LogP contribution < -0.4 is 4.90 Å². The fraction of sp³-hybridized carbons (Fsp3) is 0.438. The quantitative estimate of drug-likeness (QED) is 0.846. The molecule has 0 radical (unpaired) electrons. The van der Waals surface area contributed by atoms with Gasteiger partial charge in [-0.05, 0) is 56.3 Å². The summed E-state index contributed by atoms with van der Waals surface area (Å²) in [6, 6.07) is 6.27. The third kappa shape index (κ3) is 3.16. The minimum Gasteiger partial charge on any atom is -0.341 e. The molecule has 1 fully saturated rings. The van der Waals surface area contributed by atoms with E-state index < -0.39 is 0 Å². The molecule has 1 aromatic carbocycles. The van der Waals surface area contributed by atoms with Gasteiger partial charge in [-0.1, -0.05) is 17.7 Å². The number of aryl methyl sites for hydroxylation is 2. The van der Waals surface area contributed by atoms with Crippen LogP contribution in [0.1, 0.15) is 30.4 Å². The molecule has 0 spiro atoms.